The van der Waals surface area contributed by atoms with Gasteiger partial charge in [0.15, 0.2) is 15.8 Å². The maximum Gasteiger partial charge on any atom is 0.291 e. The summed E-state index contributed by atoms with van der Waals surface area (Å²) in [6.07, 6.45) is 2.49. The quantitative estimate of drug-likeness (QED) is 0.492. The summed E-state index contributed by atoms with van der Waals surface area (Å²) in [7, 11) is -3.97. The Balaban J connectivity index is 1.45. The first-order chi connectivity index (χ1) is 17.6. The molecule has 3 fully saturated rings. The van der Waals surface area contributed by atoms with Crippen molar-refractivity contribution < 1.29 is 26.7 Å². The van der Waals surface area contributed by atoms with Crippen LogP contribution in [-0.2, 0) is 19.6 Å². The molecule has 1 amide bonds. The highest BCUT2D eigenvalue weighted by Crippen LogP contribution is 2.35. The fourth-order valence-electron chi connectivity index (χ4n) is 5.16. The molecule has 0 aromatic carbocycles. The number of rotatable bonds is 6. The monoisotopic (exact) mass is 553 g/mol. The summed E-state index contributed by atoms with van der Waals surface area (Å²) in [4.78, 5) is 20.8. The van der Waals surface area contributed by atoms with Crippen LogP contribution in [0.15, 0.2) is 23.4 Å². The van der Waals surface area contributed by atoms with Gasteiger partial charge in [-0.25, -0.2) is 26.9 Å². The second-order valence-electron chi connectivity index (χ2n) is 9.88. The minimum Gasteiger partial charge on any atom is -0.377 e. The van der Waals surface area contributed by atoms with E-state index in [2.05, 4.69) is 24.8 Å². The van der Waals surface area contributed by atoms with Crippen LogP contribution < -0.4 is 9.62 Å². The maximum atomic E-state index is 13.5. The Hall–Kier alpha value is -2.75. The van der Waals surface area contributed by atoms with Gasteiger partial charge in [-0.2, -0.15) is 0 Å². The number of imidazole rings is 1. The average molecular weight is 554 g/mol. The van der Waals surface area contributed by atoms with Crippen LogP contribution in [0.1, 0.15) is 37.6 Å². The van der Waals surface area contributed by atoms with Crippen LogP contribution in [0, 0.1) is 0 Å². The third-order valence-corrected chi connectivity index (χ3v) is 9.55. The van der Waals surface area contributed by atoms with E-state index in [0.29, 0.717) is 48.6 Å². The van der Waals surface area contributed by atoms with Crippen LogP contribution in [0.3, 0.4) is 0 Å². The number of anilines is 1. The molecule has 0 aliphatic carbocycles. The van der Waals surface area contributed by atoms with Crippen molar-refractivity contribution in [3.63, 3.8) is 0 Å². The van der Waals surface area contributed by atoms with Gasteiger partial charge in [0.25, 0.3) is 6.43 Å². The lowest BCUT2D eigenvalue weighted by Gasteiger charge is -2.45. The van der Waals surface area contributed by atoms with Gasteiger partial charge in [-0.05, 0) is 25.8 Å². The van der Waals surface area contributed by atoms with Gasteiger partial charge < -0.3 is 14.5 Å². The van der Waals surface area contributed by atoms with Crippen LogP contribution in [0.5, 0.6) is 0 Å². The van der Waals surface area contributed by atoms with Gasteiger partial charge in [0, 0.05) is 38.3 Å². The second-order valence-corrected chi connectivity index (χ2v) is 12.6. The van der Waals surface area contributed by atoms with Gasteiger partial charge in [0.1, 0.15) is 4.90 Å². The molecule has 6 rings (SSSR count). The molecule has 0 spiro atoms. The number of nitrogens with one attached hydrogen (secondary N) is 1. The summed E-state index contributed by atoms with van der Waals surface area (Å²) in [5.74, 6) is 0.373. The number of pyridine rings is 1. The third-order valence-electron chi connectivity index (χ3n) is 7.02. The highest BCUT2D eigenvalue weighted by atomic mass is 32.2. The van der Waals surface area contributed by atoms with E-state index in [9.17, 15) is 22.0 Å². The zero-order valence-electron chi connectivity index (χ0n) is 19.9. The summed E-state index contributed by atoms with van der Waals surface area (Å²) in [6, 6.07) is 1.65. The molecule has 6 heterocycles. The molecule has 37 heavy (non-hydrogen) atoms. The maximum absolute atomic E-state index is 13.5. The number of sulfonamides is 1. The topological polar surface area (TPSA) is 122 Å². The van der Waals surface area contributed by atoms with Crippen molar-refractivity contribution in [2.75, 3.05) is 37.7 Å². The highest BCUT2D eigenvalue weighted by molar-refractivity contribution is 7.89. The molecule has 3 aliphatic rings. The van der Waals surface area contributed by atoms with Crippen LogP contribution in [-0.4, -0.2) is 83.2 Å². The number of ether oxygens (including phenoxy) is 1. The van der Waals surface area contributed by atoms with Gasteiger partial charge in [0.05, 0.1) is 36.2 Å². The van der Waals surface area contributed by atoms with Gasteiger partial charge in [-0.1, -0.05) is 11.3 Å². The van der Waals surface area contributed by atoms with Crippen LogP contribution in [0.25, 0.3) is 16.3 Å². The van der Waals surface area contributed by atoms with Gasteiger partial charge in [0.2, 0.25) is 15.9 Å². The van der Waals surface area contributed by atoms with E-state index in [4.69, 9.17) is 4.74 Å². The van der Waals surface area contributed by atoms with Crippen molar-refractivity contribution in [3.8, 4) is 10.8 Å². The standard InChI is InChI=1S/C22H25F2N7O4S2/c1-22(11-35-12-22)28-37(33,34)14-7-15(29-5-6-30-13(9-29)3-2-4-17(30)32)16-8-25-19(31(16)10-14)21-27-26-20(36-21)18(23)24/h7-8,10,13,18,28H,2-6,9,11-12H2,1H3/t13-/m0/s1. The highest BCUT2D eigenvalue weighted by Gasteiger charge is 2.39. The molecule has 3 aromatic heterocycles. The summed E-state index contributed by atoms with van der Waals surface area (Å²) >= 11 is 0.711. The molecule has 0 radical (unpaired) electrons. The lowest BCUT2D eigenvalue weighted by molar-refractivity contribution is -0.136. The summed E-state index contributed by atoms with van der Waals surface area (Å²) in [6.45, 7) is 3.90. The zero-order valence-corrected chi connectivity index (χ0v) is 21.6. The lowest BCUT2D eigenvalue weighted by Crippen LogP contribution is -2.59. The van der Waals surface area contributed by atoms with E-state index < -0.39 is 27.0 Å². The predicted octanol–water partition coefficient (Wildman–Crippen LogP) is 2.06. The van der Waals surface area contributed by atoms with Crippen LogP contribution in [0.2, 0.25) is 0 Å². The fraction of sp³-hybridized carbons (Fsp3) is 0.545. The summed E-state index contributed by atoms with van der Waals surface area (Å²) in [5, 5.41) is 7.15. The number of aromatic nitrogens is 4. The molecule has 1 atom stereocenters. The Morgan fingerprint density at radius 1 is 1.27 bits per heavy atom. The van der Waals surface area contributed by atoms with E-state index in [0.717, 1.165) is 12.8 Å². The molecule has 0 saturated carbocycles. The van der Waals surface area contributed by atoms with Crippen molar-refractivity contribution in [1.82, 2.24) is 29.2 Å². The number of piperidine rings is 1. The minimum absolute atomic E-state index is 0.00289. The van der Waals surface area contributed by atoms with E-state index in [1.807, 2.05) is 4.90 Å². The van der Waals surface area contributed by atoms with E-state index in [1.165, 1.54) is 6.20 Å². The second kappa shape index (κ2) is 8.92. The largest absolute Gasteiger partial charge is 0.377 e. The van der Waals surface area contributed by atoms with E-state index in [-0.39, 0.29) is 40.9 Å². The average Bonchev–Trinajstić information content (AvgIpc) is 3.49. The minimum atomic E-state index is -3.97. The zero-order chi connectivity index (χ0) is 25.9. The first-order valence-corrected chi connectivity index (χ1v) is 14.2. The van der Waals surface area contributed by atoms with E-state index in [1.54, 1.807) is 23.6 Å². The first kappa shape index (κ1) is 24.6. The molecule has 198 valence electrons. The Morgan fingerprint density at radius 3 is 2.78 bits per heavy atom. The number of piperazine rings is 1. The van der Waals surface area contributed by atoms with Crippen molar-refractivity contribution in [2.45, 2.75) is 49.1 Å². The molecule has 1 N–H and O–H groups in total. The van der Waals surface area contributed by atoms with Gasteiger partial charge >= 0.3 is 0 Å². The summed E-state index contributed by atoms with van der Waals surface area (Å²) < 4.78 is 62.7. The molecular formula is C22H25F2N7O4S2. The van der Waals surface area contributed by atoms with Crippen LogP contribution >= 0.6 is 11.3 Å². The first-order valence-electron chi connectivity index (χ1n) is 11.9. The Morgan fingerprint density at radius 2 is 2.08 bits per heavy atom. The molecule has 11 nitrogen and oxygen atoms in total. The predicted molar refractivity (Wildman–Crippen MR) is 130 cm³/mol. The van der Waals surface area contributed by atoms with Crippen molar-refractivity contribution >= 4 is 38.5 Å². The molecule has 15 heteroatoms. The molecular weight excluding hydrogens is 528 g/mol. The van der Waals surface area contributed by atoms with Crippen molar-refractivity contribution in [2.24, 2.45) is 0 Å². The molecule has 3 saturated heterocycles. The SMILES string of the molecule is CC1(NS(=O)(=O)c2cc(N3CCN4C(=O)CCC[C@H]4C3)c3cnc(-c4nnc(C(F)F)s4)n3c2)COC1. The van der Waals surface area contributed by atoms with Crippen molar-refractivity contribution in [3.05, 3.63) is 23.5 Å². The number of hydrogen-bond acceptors (Lipinski definition) is 9. The molecule has 0 bridgehead atoms. The summed E-state index contributed by atoms with van der Waals surface area (Å²) in [5.41, 5.74) is 0.523. The molecule has 3 aromatic rings. The number of hydrogen-bond donors (Lipinski definition) is 1. The van der Waals surface area contributed by atoms with E-state index >= 15 is 0 Å². The number of nitrogens with zero attached hydrogens (tertiary/aromatic N) is 6. The third kappa shape index (κ3) is 4.36. The number of alkyl halides is 2. The van der Waals surface area contributed by atoms with Crippen molar-refractivity contribution in [1.29, 1.82) is 0 Å². The van der Waals surface area contributed by atoms with Crippen LogP contribution in [0.4, 0.5) is 14.5 Å². The molecule has 0 unspecified atom stereocenters. The number of amides is 1. The Labute approximate surface area is 215 Å². The Kier molecular flexibility index (Phi) is 5.93. The number of fused-ring (bicyclic) bond motifs is 2. The molecule has 3 aliphatic heterocycles. The lowest BCUT2D eigenvalue weighted by atomic mass is 9.98. The number of carbonyl (C=O) groups excluding carboxylic acids is 1. The smallest absolute Gasteiger partial charge is 0.291 e. The van der Waals surface area contributed by atoms with Gasteiger partial charge in [-0.3, -0.25) is 9.20 Å². The normalized spacial score (nSPS) is 21.9. The Bertz CT molecular complexity index is 1470. The fourth-order valence-corrected chi connectivity index (χ4v) is 7.25. The number of carbonyl (C=O) groups is 1. The van der Waals surface area contributed by atoms with Gasteiger partial charge in [-0.15, -0.1) is 10.2 Å². The number of halogens is 2.